The number of likely N-dealkylation sites (N-methyl/N-ethyl adjacent to an activating group) is 1. The van der Waals surface area contributed by atoms with E-state index in [0.29, 0.717) is 12.4 Å². The van der Waals surface area contributed by atoms with Gasteiger partial charge in [0.15, 0.2) is 0 Å². The van der Waals surface area contributed by atoms with Crippen molar-refractivity contribution in [2.45, 2.75) is 19.3 Å². The van der Waals surface area contributed by atoms with Crippen LogP contribution in [0.25, 0.3) is 20.7 Å². The first kappa shape index (κ1) is 21.5. The van der Waals surface area contributed by atoms with Crippen LogP contribution >= 0.6 is 11.3 Å². The SMILES string of the molecule is CN(C)CCNc1nc(NCCCN2CCCC2=O)c2sc(-c3ccccc3)cc2n1. The second-order valence-corrected chi connectivity index (χ2v) is 9.13. The van der Waals surface area contributed by atoms with E-state index in [1.54, 1.807) is 11.3 Å². The molecule has 31 heavy (non-hydrogen) atoms. The van der Waals surface area contributed by atoms with E-state index in [4.69, 9.17) is 9.97 Å². The molecule has 0 spiro atoms. The fourth-order valence-corrected chi connectivity index (χ4v) is 4.75. The quantitative estimate of drug-likeness (QED) is 0.470. The van der Waals surface area contributed by atoms with E-state index < -0.39 is 0 Å². The Kier molecular flexibility index (Phi) is 6.99. The van der Waals surface area contributed by atoms with Gasteiger partial charge in [-0.05, 0) is 38.6 Å². The predicted octanol–water partition coefficient (Wildman–Crippen LogP) is 3.76. The van der Waals surface area contributed by atoms with Crippen LogP contribution < -0.4 is 10.6 Å². The van der Waals surface area contributed by atoms with Gasteiger partial charge in [0.2, 0.25) is 11.9 Å². The van der Waals surface area contributed by atoms with Crippen molar-refractivity contribution in [3.05, 3.63) is 36.4 Å². The highest BCUT2D eigenvalue weighted by Gasteiger charge is 2.19. The molecule has 4 rings (SSSR count). The average molecular weight is 439 g/mol. The fraction of sp³-hybridized carbons (Fsp3) is 0.435. The van der Waals surface area contributed by atoms with Crippen LogP contribution in [0.4, 0.5) is 11.8 Å². The second kappa shape index (κ2) is 10.1. The van der Waals surface area contributed by atoms with Crippen molar-refractivity contribution in [1.82, 2.24) is 19.8 Å². The highest BCUT2D eigenvalue weighted by molar-refractivity contribution is 7.22. The Morgan fingerprint density at radius 1 is 1.13 bits per heavy atom. The van der Waals surface area contributed by atoms with E-state index in [2.05, 4.69) is 60.0 Å². The molecule has 1 aliphatic heterocycles. The molecule has 1 amide bonds. The van der Waals surface area contributed by atoms with Gasteiger partial charge in [0.1, 0.15) is 5.82 Å². The molecule has 1 aliphatic rings. The maximum atomic E-state index is 11.8. The number of fused-ring (bicyclic) bond motifs is 1. The summed E-state index contributed by atoms with van der Waals surface area (Å²) in [4.78, 5) is 26.6. The van der Waals surface area contributed by atoms with E-state index in [-0.39, 0.29) is 5.91 Å². The Bertz CT molecular complexity index is 1020. The topological polar surface area (TPSA) is 73.4 Å². The molecule has 164 valence electrons. The van der Waals surface area contributed by atoms with Gasteiger partial charge < -0.3 is 20.4 Å². The summed E-state index contributed by atoms with van der Waals surface area (Å²) in [5, 5.41) is 6.85. The van der Waals surface area contributed by atoms with E-state index in [9.17, 15) is 4.79 Å². The van der Waals surface area contributed by atoms with Crippen molar-refractivity contribution < 1.29 is 4.79 Å². The molecule has 0 saturated carbocycles. The van der Waals surface area contributed by atoms with E-state index in [1.807, 2.05) is 11.0 Å². The highest BCUT2D eigenvalue weighted by Crippen LogP contribution is 2.36. The molecule has 0 radical (unpaired) electrons. The molecular weight excluding hydrogens is 408 g/mol. The number of likely N-dealkylation sites (tertiary alicyclic amines) is 1. The Hall–Kier alpha value is -2.71. The zero-order chi connectivity index (χ0) is 21.6. The van der Waals surface area contributed by atoms with Crippen molar-refractivity contribution in [1.29, 1.82) is 0 Å². The molecule has 0 bridgehead atoms. The maximum absolute atomic E-state index is 11.8. The van der Waals surface area contributed by atoms with E-state index in [1.165, 1.54) is 10.4 Å². The van der Waals surface area contributed by atoms with Crippen molar-refractivity contribution in [3.8, 4) is 10.4 Å². The van der Waals surface area contributed by atoms with Crippen LogP contribution in [0, 0.1) is 0 Å². The third kappa shape index (κ3) is 5.51. The minimum absolute atomic E-state index is 0.280. The third-order valence-electron chi connectivity index (χ3n) is 5.34. The van der Waals surface area contributed by atoms with Gasteiger partial charge in [0.25, 0.3) is 0 Å². The third-order valence-corrected chi connectivity index (χ3v) is 6.52. The summed E-state index contributed by atoms with van der Waals surface area (Å²) in [6.07, 6.45) is 2.58. The van der Waals surface area contributed by atoms with Gasteiger partial charge in [-0.3, -0.25) is 4.79 Å². The van der Waals surface area contributed by atoms with Crippen LogP contribution in [0.5, 0.6) is 0 Å². The first-order chi connectivity index (χ1) is 15.1. The van der Waals surface area contributed by atoms with Crippen molar-refractivity contribution in [2.75, 3.05) is 57.5 Å². The largest absolute Gasteiger partial charge is 0.369 e. The molecule has 8 heteroatoms. The summed E-state index contributed by atoms with van der Waals surface area (Å²) >= 11 is 1.71. The average Bonchev–Trinajstić information content (AvgIpc) is 3.37. The van der Waals surface area contributed by atoms with Crippen LogP contribution in [-0.2, 0) is 4.79 Å². The minimum Gasteiger partial charge on any atom is -0.369 e. The van der Waals surface area contributed by atoms with Gasteiger partial charge in [-0.15, -0.1) is 11.3 Å². The van der Waals surface area contributed by atoms with Crippen LogP contribution in [0.1, 0.15) is 19.3 Å². The Morgan fingerprint density at radius 2 is 1.97 bits per heavy atom. The molecule has 0 aliphatic carbocycles. The van der Waals surface area contributed by atoms with E-state index in [0.717, 1.165) is 61.6 Å². The number of hydrogen-bond donors (Lipinski definition) is 2. The number of hydrogen-bond acceptors (Lipinski definition) is 7. The molecule has 7 nitrogen and oxygen atoms in total. The van der Waals surface area contributed by atoms with Gasteiger partial charge in [-0.2, -0.15) is 4.98 Å². The molecule has 1 aromatic carbocycles. The van der Waals surface area contributed by atoms with Crippen molar-refractivity contribution in [2.24, 2.45) is 0 Å². The van der Waals surface area contributed by atoms with Crippen molar-refractivity contribution in [3.63, 3.8) is 0 Å². The first-order valence-electron chi connectivity index (χ1n) is 10.9. The zero-order valence-electron chi connectivity index (χ0n) is 18.2. The second-order valence-electron chi connectivity index (χ2n) is 8.08. The molecule has 3 aromatic rings. The summed E-state index contributed by atoms with van der Waals surface area (Å²) in [7, 11) is 4.10. The van der Waals surface area contributed by atoms with Gasteiger partial charge in [-0.1, -0.05) is 30.3 Å². The predicted molar refractivity (Wildman–Crippen MR) is 129 cm³/mol. The lowest BCUT2D eigenvalue weighted by molar-refractivity contribution is -0.127. The highest BCUT2D eigenvalue weighted by atomic mass is 32.1. The molecule has 1 fully saturated rings. The lowest BCUT2D eigenvalue weighted by Crippen LogP contribution is -2.27. The van der Waals surface area contributed by atoms with Crippen LogP contribution in [0.15, 0.2) is 36.4 Å². The number of carbonyl (C=O) groups is 1. The lowest BCUT2D eigenvalue weighted by atomic mass is 10.2. The van der Waals surface area contributed by atoms with Gasteiger partial charge in [0.05, 0.1) is 10.2 Å². The first-order valence-corrected chi connectivity index (χ1v) is 11.7. The molecule has 0 atom stereocenters. The standard InChI is InChI=1S/C23H30N6OS/c1-28(2)15-12-25-23-26-18-16-19(17-8-4-3-5-9-17)31-21(18)22(27-23)24-11-7-14-29-13-6-10-20(29)30/h3-5,8-9,16H,6-7,10-15H2,1-2H3,(H2,24,25,26,27). The Balaban J connectivity index is 1.51. The number of thiophene rings is 1. The molecule has 2 aromatic heterocycles. The number of carbonyl (C=O) groups excluding carboxylic acids is 1. The number of benzene rings is 1. The molecular formula is C23H30N6OS. The molecule has 1 saturated heterocycles. The number of rotatable bonds is 10. The summed E-state index contributed by atoms with van der Waals surface area (Å²) in [6.45, 7) is 4.15. The Morgan fingerprint density at radius 3 is 2.71 bits per heavy atom. The number of nitrogens with zero attached hydrogens (tertiary/aromatic N) is 4. The molecule has 0 unspecified atom stereocenters. The minimum atomic E-state index is 0.280. The van der Waals surface area contributed by atoms with Crippen LogP contribution in [0.3, 0.4) is 0 Å². The fourth-order valence-electron chi connectivity index (χ4n) is 3.68. The molecule has 3 heterocycles. The van der Waals surface area contributed by atoms with Crippen LogP contribution in [0.2, 0.25) is 0 Å². The number of anilines is 2. The summed E-state index contributed by atoms with van der Waals surface area (Å²) in [5.41, 5.74) is 2.13. The maximum Gasteiger partial charge on any atom is 0.225 e. The summed E-state index contributed by atoms with van der Waals surface area (Å²) in [5.74, 6) is 1.78. The smallest absolute Gasteiger partial charge is 0.225 e. The monoisotopic (exact) mass is 438 g/mol. The van der Waals surface area contributed by atoms with E-state index >= 15 is 0 Å². The van der Waals surface area contributed by atoms with Gasteiger partial charge >= 0.3 is 0 Å². The van der Waals surface area contributed by atoms with Crippen LogP contribution in [-0.4, -0.2) is 72.5 Å². The summed E-state index contributed by atoms with van der Waals surface area (Å²) < 4.78 is 1.06. The number of nitrogens with one attached hydrogen (secondary N) is 2. The summed E-state index contributed by atoms with van der Waals surface area (Å²) in [6, 6.07) is 12.5. The number of amides is 1. The normalized spacial score (nSPS) is 14.0. The zero-order valence-corrected chi connectivity index (χ0v) is 19.0. The van der Waals surface area contributed by atoms with Crippen molar-refractivity contribution >= 4 is 39.2 Å². The lowest BCUT2D eigenvalue weighted by Gasteiger charge is -2.16. The van der Waals surface area contributed by atoms with Gasteiger partial charge in [-0.25, -0.2) is 4.98 Å². The van der Waals surface area contributed by atoms with Gasteiger partial charge in [0, 0.05) is 44.0 Å². The molecule has 2 N–H and O–H groups in total. The Labute approximate surface area is 187 Å². The number of aromatic nitrogens is 2.